The van der Waals surface area contributed by atoms with Gasteiger partial charge in [-0.2, -0.15) is 0 Å². The van der Waals surface area contributed by atoms with Crippen molar-refractivity contribution in [3.8, 4) is 50.7 Å². The van der Waals surface area contributed by atoms with Gasteiger partial charge in [0.15, 0.2) is 5.82 Å². The SMILES string of the molecule is c1ccc(-c2ccc3sc4c(ccc5c4c4cc(-c6nc(-c7ccccc7)cc(-c7ccccc7)n6)ccc4n5-c4ccccc4)c3c2)cc1. The summed E-state index contributed by atoms with van der Waals surface area (Å²) in [5.41, 5.74) is 10.9. The summed E-state index contributed by atoms with van der Waals surface area (Å²) in [6.07, 6.45) is 0. The van der Waals surface area contributed by atoms with E-state index >= 15 is 0 Å². The van der Waals surface area contributed by atoms with Gasteiger partial charge in [-0.3, -0.25) is 0 Å². The molecule has 7 aromatic carbocycles. The lowest BCUT2D eigenvalue weighted by Gasteiger charge is -2.10. The van der Waals surface area contributed by atoms with E-state index in [1.807, 2.05) is 23.5 Å². The first kappa shape index (κ1) is 28.6. The van der Waals surface area contributed by atoms with Crippen LogP contribution in [0, 0.1) is 0 Å². The molecule has 0 spiro atoms. The monoisotopic (exact) mass is 655 g/mol. The van der Waals surface area contributed by atoms with Crippen LogP contribution in [0.4, 0.5) is 0 Å². The minimum atomic E-state index is 0.712. The average Bonchev–Trinajstić information content (AvgIpc) is 3.74. The van der Waals surface area contributed by atoms with Crippen molar-refractivity contribution in [2.45, 2.75) is 0 Å². The van der Waals surface area contributed by atoms with Gasteiger partial charge in [0.2, 0.25) is 0 Å². The van der Waals surface area contributed by atoms with Crippen molar-refractivity contribution in [1.82, 2.24) is 14.5 Å². The maximum atomic E-state index is 5.17. The lowest BCUT2D eigenvalue weighted by Crippen LogP contribution is -1.96. The van der Waals surface area contributed by atoms with E-state index in [4.69, 9.17) is 9.97 Å². The van der Waals surface area contributed by atoms with Crippen LogP contribution in [0.25, 0.3) is 92.7 Å². The summed E-state index contributed by atoms with van der Waals surface area (Å²) in [4.78, 5) is 10.3. The zero-order valence-corrected chi connectivity index (χ0v) is 27.8. The van der Waals surface area contributed by atoms with Crippen LogP contribution in [0.5, 0.6) is 0 Å². The number of hydrogen-bond donors (Lipinski definition) is 0. The molecule has 0 aliphatic rings. The third-order valence-corrected chi connectivity index (χ3v) is 10.8. The molecule has 0 saturated heterocycles. The van der Waals surface area contributed by atoms with Crippen molar-refractivity contribution in [2.75, 3.05) is 0 Å². The van der Waals surface area contributed by atoms with E-state index in [0.29, 0.717) is 5.82 Å². The summed E-state index contributed by atoms with van der Waals surface area (Å²) in [7, 11) is 0. The highest BCUT2D eigenvalue weighted by molar-refractivity contribution is 7.26. The van der Waals surface area contributed by atoms with Gasteiger partial charge in [-0.15, -0.1) is 11.3 Å². The Bertz CT molecular complexity index is 2780. The zero-order chi connectivity index (χ0) is 33.0. The van der Waals surface area contributed by atoms with Crippen molar-refractivity contribution < 1.29 is 0 Å². The van der Waals surface area contributed by atoms with Gasteiger partial charge in [-0.05, 0) is 65.7 Å². The van der Waals surface area contributed by atoms with Crippen LogP contribution in [0.3, 0.4) is 0 Å². The minimum absolute atomic E-state index is 0.712. The van der Waals surface area contributed by atoms with Gasteiger partial charge in [0.1, 0.15) is 0 Å². The number of thiophene rings is 1. The number of rotatable bonds is 5. The molecular weight excluding hydrogens is 627 g/mol. The van der Waals surface area contributed by atoms with Gasteiger partial charge in [0.05, 0.1) is 22.4 Å². The Labute approximate surface area is 293 Å². The molecule has 4 heteroatoms. The third-order valence-electron chi connectivity index (χ3n) is 9.61. The largest absolute Gasteiger partial charge is 0.309 e. The molecular formula is C46H29N3S. The lowest BCUT2D eigenvalue weighted by atomic mass is 10.0. The van der Waals surface area contributed by atoms with Gasteiger partial charge in [-0.25, -0.2) is 9.97 Å². The summed E-state index contributed by atoms with van der Waals surface area (Å²) in [5.74, 6) is 0.712. The Morgan fingerprint density at radius 3 is 1.62 bits per heavy atom. The molecule has 0 aliphatic heterocycles. The second-order valence-corrected chi connectivity index (χ2v) is 13.7. The topological polar surface area (TPSA) is 30.7 Å². The number of para-hydroxylation sites is 1. The molecule has 0 radical (unpaired) electrons. The molecule has 0 atom stereocenters. The molecule has 0 bridgehead atoms. The fourth-order valence-corrected chi connectivity index (χ4v) is 8.47. The Morgan fingerprint density at radius 1 is 0.400 bits per heavy atom. The summed E-state index contributed by atoms with van der Waals surface area (Å²) < 4.78 is 4.98. The fraction of sp³-hybridized carbons (Fsp3) is 0. The van der Waals surface area contributed by atoms with Crippen molar-refractivity contribution >= 4 is 53.3 Å². The van der Waals surface area contributed by atoms with Gasteiger partial charge < -0.3 is 4.57 Å². The van der Waals surface area contributed by atoms with Crippen LogP contribution in [0.1, 0.15) is 0 Å². The minimum Gasteiger partial charge on any atom is -0.309 e. The predicted molar refractivity (Wildman–Crippen MR) is 211 cm³/mol. The molecule has 0 N–H and O–H groups in total. The Balaban J connectivity index is 1.25. The maximum absolute atomic E-state index is 5.17. The van der Waals surface area contributed by atoms with E-state index in [9.17, 15) is 0 Å². The molecule has 0 fully saturated rings. The second kappa shape index (κ2) is 11.7. The molecule has 10 rings (SSSR count). The predicted octanol–water partition coefficient (Wildman–Crippen LogP) is 12.6. The average molecular weight is 656 g/mol. The van der Waals surface area contributed by atoms with Crippen molar-refractivity contribution in [3.63, 3.8) is 0 Å². The first-order valence-corrected chi connectivity index (χ1v) is 17.6. The number of benzene rings is 7. The maximum Gasteiger partial charge on any atom is 0.160 e. The van der Waals surface area contributed by atoms with Gasteiger partial charge in [0.25, 0.3) is 0 Å². The van der Waals surface area contributed by atoms with Gasteiger partial charge in [0, 0.05) is 53.3 Å². The molecule has 0 amide bonds. The first-order valence-electron chi connectivity index (χ1n) is 16.8. The molecule has 0 saturated carbocycles. The molecule has 50 heavy (non-hydrogen) atoms. The van der Waals surface area contributed by atoms with Gasteiger partial charge >= 0.3 is 0 Å². The normalized spacial score (nSPS) is 11.6. The van der Waals surface area contributed by atoms with Crippen molar-refractivity contribution in [1.29, 1.82) is 0 Å². The van der Waals surface area contributed by atoms with Crippen molar-refractivity contribution in [2.24, 2.45) is 0 Å². The second-order valence-electron chi connectivity index (χ2n) is 12.6. The summed E-state index contributed by atoms with van der Waals surface area (Å²) in [6.45, 7) is 0. The van der Waals surface area contributed by atoms with Crippen LogP contribution in [-0.2, 0) is 0 Å². The highest BCUT2D eigenvalue weighted by Gasteiger charge is 2.20. The zero-order valence-electron chi connectivity index (χ0n) is 27.0. The van der Waals surface area contributed by atoms with E-state index in [1.54, 1.807) is 0 Å². The standard InChI is InChI=1S/C46H29N3S/c1-5-13-30(14-6-1)33-22-26-43-37(27-33)36-23-25-42-44(45(36)50-43)38-28-34(21-24-41(38)49(42)35-19-11-4-12-20-35)46-47-39(31-15-7-2-8-16-31)29-40(48-46)32-17-9-3-10-18-32/h1-29H. The number of aromatic nitrogens is 3. The quantitative estimate of drug-likeness (QED) is 0.185. The highest BCUT2D eigenvalue weighted by atomic mass is 32.1. The molecule has 3 heterocycles. The van der Waals surface area contributed by atoms with Gasteiger partial charge in [-0.1, -0.05) is 121 Å². The smallest absolute Gasteiger partial charge is 0.160 e. The van der Waals surface area contributed by atoms with Crippen LogP contribution in [-0.4, -0.2) is 14.5 Å². The number of nitrogens with zero attached hydrogens (tertiary/aromatic N) is 3. The summed E-state index contributed by atoms with van der Waals surface area (Å²) in [6, 6.07) is 62.4. The van der Waals surface area contributed by atoms with E-state index in [-0.39, 0.29) is 0 Å². The summed E-state index contributed by atoms with van der Waals surface area (Å²) >= 11 is 1.87. The van der Waals surface area contributed by atoms with Crippen LogP contribution < -0.4 is 0 Å². The van der Waals surface area contributed by atoms with Crippen LogP contribution in [0.15, 0.2) is 176 Å². The first-order chi connectivity index (χ1) is 24.8. The van der Waals surface area contributed by atoms with Crippen LogP contribution >= 0.6 is 11.3 Å². The Hall–Kier alpha value is -6.36. The van der Waals surface area contributed by atoms with Crippen LogP contribution in [0.2, 0.25) is 0 Å². The molecule has 0 aliphatic carbocycles. The van der Waals surface area contributed by atoms with E-state index in [1.165, 1.54) is 47.6 Å². The summed E-state index contributed by atoms with van der Waals surface area (Å²) in [5, 5.41) is 5.02. The molecule has 10 aromatic rings. The fourth-order valence-electron chi connectivity index (χ4n) is 7.23. The number of fused-ring (bicyclic) bond motifs is 7. The van der Waals surface area contributed by atoms with E-state index < -0.39 is 0 Å². The van der Waals surface area contributed by atoms with Crippen molar-refractivity contribution in [3.05, 3.63) is 176 Å². The molecule has 0 unspecified atom stereocenters. The molecule has 3 nitrogen and oxygen atoms in total. The molecule has 3 aromatic heterocycles. The third kappa shape index (κ3) is 4.73. The molecule has 234 valence electrons. The Morgan fingerprint density at radius 2 is 0.960 bits per heavy atom. The van der Waals surface area contributed by atoms with E-state index in [2.05, 4.69) is 168 Å². The van der Waals surface area contributed by atoms with E-state index in [0.717, 1.165) is 39.3 Å². The number of hydrogen-bond acceptors (Lipinski definition) is 3. The highest BCUT2D eigenvalue weighted by Crippen LogP contribution is 2.45. The Kier molecular flexibility index (Phi) is 6.68. The lowest BCUT2D eigenvalue weighted by molar-refractivity contribution is 1.17.